The van der Waals surface area contributed by atoms with Crippen LogP contribution < -0.4 is 0 Å². The first-order valence-corrected chi connectivity index (χ1v) is 19.4. The second-order valence-corrected chi connectivity index (χ2v) is 15.6. The van der Waals surface area contributed by atoms with Gasteiger partial charge in [0, 0.05) is 31.3 Å². The van der Waals surface area contributed by atoms with Crippen LogP contribution in [-0.4, -0.2) is 113 Å². The van der Waals surface area contributed by atoms with Crippen molar-refractivity contribution in [2.24, 2.45) is 17.8 Å². The Balaban J connectivity index is 1.80. The number of rotatable bonds is 9. The molecule has 14 heteroatoms. The minimum atomic E-state index is -1.57. The van der Waals surface area contributed by atoms with Crippen molar-refractivity contribution >= 4 is 29.6 Å². The second kappa shape index (κ2) is 18.8. The zero-order valence-corrected chi connectivity index (χ0v) is 34.6. The molecule has 14 nitrogen and oxygen atoms in total. The molecule has 0 saturated carbocycles. The van der Waals surface area contributed by atoms with Crippen LogP contribution in [0.3, 0.4) is 0 Å². The van der Waals surface area contributed by atoms with Crippen molar-refractivity contribution in [3.63, 3.8) is 0 Å². The highest BCUT2D eigenvalue weighted by Gasteiger charge is 2.51. The smallest absolute Gasteiger partial charge is 0.420 e. The molecule has 1 saturated heterocycles. The number of allylic oxidation sites excluding steroid dienone is 1. The minimum Gasteiger partial charge on any atom is -0.457 e. The van der Waals surface area contributed by atoms with Gasteiger partial charge < -0.3 is 33.3 Å². The summed E-state index contributed by atoms with van der Waals surface area (Å²) in [6.07, 6.45) is 1.25. The van der Waals surface area contributed by atoms with E-state index in [1.54, 1.807) is 78.0 Å². The Morgan fingerprint density at radius 1 is 1.05 bits per heavy atom. The molecule has 1 fully saturated rings. The third kappa shape index (κ3) is 9.82. The molecule has 1 aromatic heterocycles. The van der Waals surface area contributed by atoms with Gasteiger partial charge in [0.15, 0.2) is 29.6 Å². The molecule has 0 amide bonds. The molecule has 2 aromatic rings. The Kier molecular flexibility index (Phi) is 14.9. The summed E-state index contributed by atoms with van der Waals surface area (Å²) in [5, 5.41) is 0. The molecule has 308 valence electrons. The number of hydrogen-bond acceptors (Lipinski definition) is 13. The third-order valence-electron chi connectivity index (χ3n) is 11.3. The highest BCUT2D eigenvalue weighted by molar-refractivity contribution is 6.00. The molecule has 0 unspecified atom stereocenters. The Hall–Kier alpha value is -4.24. The van der Waals surface area contributed by atoms with Crippen molar-refractivity contribution < 1.29 is 52.4 Å². The normalized spacial score (nSPS) is 34.5. The molecular weight excluding hydrogens is 722 g/mol. The van der Waals surface area contributed by atoms with Gasteiger partial charge in [-0.1, -0.05) is 45.9 Å². The first-order valence-electron chi connectivity index (χ1n) is 19.4. The number of hydrogen-bond donors (Lipinski definition) is 0. The number of ether oxygens (including phenoxy) is 6. The van der Waals surface area contributed by atoms with E-state index in [-0.39, 0.29) is 42.8 Å². The molecule has 0 aliphatic carbocycles. The van der Waals surface area contributed by atoms with Crippen LogP contribution in [0.15, 0.2) is 60.7 Å². The standard InChI is InChI=1S/C42H59N3O11/c1-12-32-42(13-2,56-40(50)45-20-19-43-24-45)23-26(4)33(46)25(3)22-41(8,51-11)36(28(6)34(47)29(7)37(48)53-32)55-39-35(31(44(9)10)21-27(5)52-39)54-38(49)30-17-15-14-16-18-30/h14-20,23-25,27-29,31-32,35-36,39H,12-13,21-22H2,1-11H3/b26-23+/t25-,27-,28+,29-,31+,32-,35-,36-,39+,41+,42+/m1/s1. The summed E-state index contributed by atoms with van der Waals surface area (Å²) in [6.45, 7) is 13.6. The third-order valence-corrected chi connectivity index (χ3v) is 11.3. The fraction of sp³-hybridized carbons (Fsp3) is 0.619. The van der Waals surface area contributed by atoms with Crippen molar-refractivity contribution in [1.29, 1.82) is 0 Å². The Morgan fingerprint density at radius 2 is 1.73 bits per heavy atom. The van der Waals surface area contributed by atoms with Gasteiger partial charge in [-0.15, -0.1) is 0 Å². The van der Waals surface area contributed by atoms with Crippen LogP contribution in [0.5, 0.6) is 0 Å². The van der Waals surface area contributed by atoms with Gasteiger partial charge in [0.25, 0.3) is 0 Å². The van der Waals surface area contributed by atoms with E-state index in [1.807, 2.05) is 25.9 Å². The van der Waals surface area contributed by atoms with Crippen LogP contribution in [-0.2, 0) is 42.8 Å². The molecular formula is C42H59N3O11. The SMILES string of the molecule is CC[C@H]1OC(=O)[C@H](C)C(=O)[C@H](C)[C@@H](O[C@@H]2O[C@H](C)C[C@H](N(C)C)[C@H]2OC(=O)c2ccccc2)[C@@](C)(OC)C[C@@H](C)C(=O)/C(C)=C/[C@]1(CC)OC(=O)n1ccnc1. The van der Waals surface area contributed by atoms with Crippen molar-refractivity contribution in [2.45, 2.75) is 129 Å². The summed E-state index contributed by atoms with van der Waals surface area (Å²) in [4.78, 5) is 75.4. The van der Waals surface area contributed by atoms with Gasteiger partial charge >= 0.3 is 18.0 Å². The highest BCUT2D eigenvalue weighted by Crippen LogP contribution is 2.39. The predicted octanol–water partition coefficient (Wildman–Crippen LogP) is 5.82. The molecule has 2 aliphatic heterocycles. The van der Waals surface area contributed by atoms with Gasteiger partial charge in [0.05, 0.1) is 29.4 Å². The van der Waals surface area contributed by atoms with Gasteiger partial charge in [-0.2, -0.15) is 0 Å². The lowest BCUT2D eigenvalue weighted by molar-refractivity contribution is -0.294. The van der Waals surface area contributed by atoms with E-state index < -0.39 is 77.4 Å². The average Bonchev–Trinajstić information content (AvgIpc) is 3.73. The largest absolute Gasteiger partial charge is 0.457 e. The lowest BCUT2D eigenvalue weighted by Crippen LogP contribution is -2.60. The Morgan fingerprint density at radius 3 is 2.30 bits per heavy atom. The number of nitrogens with zero attached hydrogens (tertiary/aromatic N) is 3. The van der Waals surface area contributed by atoms with E-state index in [0.29, 0.717) is 12.0 Å². The maximum Gasteiger partial charge on any atom is 0.420 e. The van der Waals surface area contributed by atoms with Crippen LogP contribution in [0.2, 0.25) is 0 Å². The van der Waals surface area contributed by atoms with Crippen molar-refractivity contribution in [3.05, 3.63) is 66.3 Å². The van der Waals surface area contributed by atoms with Gasteiger partial charge in [-0.25, -0.2) is 19.1 Å². The number of aromatic nitrogens is 2. The van der Waals surface area contributed by atoms with Gasteiger partial charge in [-0.3, -0.25) is 14.4 Å². The molecule has 0 spiro atoms. The number of methoxy groups -OCH3 is 1. The molecule has 11 atom stereocenters. The number of ketones is 2. The summed E-state index contributed by atoms with van der Waals surface area (Å²) in [6, 6.07) is 8.26. The van der Waals surface area contributed by atoms with Gasteiger partial charge in [0.1, 0.15) is 18.3 Å². The molecule has 2 aliphatic rings. The van der Waals surface area contributed by atoms with Gasteiger partial charge in [0.2, 0.25) is 0 Å². The van der Waals surface area contributed by atoms with Crippen LogP contribution in [0.4, 0.5) is 4.79 Å². The topological polar surface area (TPSA) is 162 Å². The number of carbonyl (C=O) groups is 5. The monoisotopic (exact) mass is 781 g/mol. The summed E-state index contributed by atoms with van der Waals surface area (Å²) < 4.78 is 38.8. The van der Waals surface area contributed by atoms with E-state index in [2.05, 4.69) is 4.98 Å². The number of likely N-dealkylation sites (N-methyl/N-ethyl adjacent to an activating group) is 1. The predicted molar refractivity (Wildman–Crippen MR) is 206 cm³/mol. The number of cyclic esters (lactones) is 1. The first-order chi connectivity index (χ1) is 26.4. The van der Waals surface area contributed by atoms with E-state index in [0.717, 1.165) is 4.57 Å². The average molecular weight is 782 g/mol. The maximum atomic E-state index is 14.5. The Bertz CT molecular complexity index is 1710. The van der Waals surface area contributed by atoms with E-state index in [4.69, 9.17) is 28.4 Å². The van der Waals surface area contributed by atoms with Crippen molar-refractivity contribution in [3.8, 4) is 0 Å². The highest BCUT2D eigenvalue weighted by atomic mass is 16.7. The minimum absolute atomic E-state index is 0.0770. The molecule has 0 radical (unpaired) electrons. The number of carbonyl (C=O) groups excluding carboxylic acids is 5. The van der Waals surface area contributed by atoms with Crippen LogP contribution in [0.25, 0.3) is 0 Å². The molecule has 0 bridgehead atoms. The molecule has 4 rings (SSSR count). The van der Waals surface area contributed by atoms with Crippen molar-refractivity contribution in [1.82, 2.24) is 14.5 Å². The molecule has 0 N–H and O–H groups in total. The van der Waals surface area contributed by atoms with Crippen LogP contribution >= 0.6 is 0 Å². The number of Topliss-reactive ketones (excluding diaryl/α,β-unsaturated/α-hetero) is 2. The zero-order chi connectivity index (χ0) is 41.5. The summed E-state index contributed by atoms with van der Waals surface area (Å²) in [5.74, 6) is -5.20. The fourth-order valence-electron chi connectivity index (χ4n) is 7.91. The number of esters is 2. The van der Waals surface area contributed by atoms with Crippen LogP contribution in [0, 0.1) is 17.8 Å². The summed E-state index contributed by atoms with van der Waals surface area (Å²) in [5.41, 5.74) is -2.26. The summed E-state index contributed by atoms with van der Waals surface area (Å²) in [7, 11) is 5.22. The van der Waals surface area contributed by atoms with Crippen molar-refractivity contribution in [2.75, 3.05) is 21.2 Å². The molecule has 3 heterocycles. The molecule has 1 aromatic carbocycles. The quantitative estimate of drug-likeness (QED) is 0.170. The number of imidazole rings is 1. The maximum absolute atomic E-state index is 14.5. The lowest BCUT2D eigenvalue weighted by atomic mass is 9.76. The fourth-order valence-corrected chi connectivity index (χ4v) is 7.91. The zero-order valence-electron chi connectivity index (χ0n) is 34.6. The van der Waals surface area contributed by atoms with Crippen LogP contribution in [0.1, 0.15) is 91.4 Å². The van der Waals surface area contributed by atoms with E-state index in [1.165, 1.54) is 32.8 Å². The number of benzene rings is 1. The second-order valence-electron chi connectivity index (χ2n) is 15.6. The van der Waals surface area contributed by atoms with E-state index >= 15 is 0 Å². The van der Waals surface area contributed by atoms with Gasteiger partial charge in [-0.05, 0) is 91.3 Å². The Labute approximate surface area is 330 Å². The summed E-state index contributed by atoms with van der Waals surface area (Å²) >= 11 is 0. The van der Waals surface area contributed by atoms with E-state index in [9.17, 15) is 24.0 Å². The lowest BCUT2D eigenvalue weighted by Gasteiger charge is -2.47. The molecule has 56 heavy (non-hydrogen) atoms. The first kappa shape index (κ1) is 44.5.